The van der Waals surface area contributed by atoms with Crippen LogP contribution in [-0.2, 0) is 6.42 Å². The van der Waals surface area contributed by atoms with Crippen LogP contribution in [0.4, 0.5) is 0 Å². The van der Waals surface area contributed by atoms with Crippen LogP contribution in [-0.4, -0.2) is 21.8 Å². The van der Waals surface area contributed by atoms with Crippen LogP contribution in [0.1, 0.15) is 22.9 Å². The maximum Gasteiger partial charge on any atom is 0.100 e. The Morgan fingerprint density at radius 1 is 1.18 bits per heavy atom. The van der Waals surface area contributed by atoms with Gasteiger partial charge in [-0.2, -0.15) is 5.06 Å². The van der Waals surface area contributed by atoms with Crippen molar-refractivity contribution in [1.29, 1.82) is 0 Å². The second-order valence-electron chi connectivity index (χ2n) is 5.57. The van der Waals surface area contributed by atoms with Crippen LogP contribution in [0.5, 0.6) is 0 Å². The SMILES string of the molecule is ON1CCc2c([nH]c3ccc(Br)cc23)C1c1ccc(Cl)cc1. The quantitative estimate of drug-likeness (QED) is 0.632. The molecule has 0 saturated heterocycles. The first kappa shape index (κ1) is 14.3. The van der Waals surface area contributed by atoms with Crippen molar-refractivity contribution in [2.24, 2.45) is 0 Å². The monoisotopic (exact) mass is 376 g/mol. The molecule has 5 heteroatoms. The molecule has 0 saturated carbocycles. The van der Waals surface area contributed by atoms with Crippen molar-refractivity contribution in [3.05, 3.63) is 68.8 Å². The van der Waals surface area contributed by atoms with Crippen LogP contribution in [0.2, 0.25) is 5.02 Å². The highest BCUT2D eigenvalue weighted by Crippen LogP contribution is 2.38. The number of hydrogen-bond acceptors (Lipinski definition) is 2. The smallest absolute Gasteiger partial charge is 0.100 e. The van der Waals surface area contributed by atoms with Gasteiger partial charge in [0.1, 0.15) is 6.04 Å². The Kier molecular flexibility index (Phi) is 3.50. The van der Waals surface area contributed by atoms with Crippen molar-refractivity contribution in [3.63, 3.8) is 0 Å². The van der Waals surface area contributed by atoms with Crippen molar-refractivity contribution in [2.45, 2.75) is 12.5 Å². The summed E-state index contributed by atoms with van der Waals surface area (Å²) in [6.45, 7) is 0.611. The standard InChI is InChI=1S/C17H14BrClN2O/c18-11-3-6-15-14(9-11)13-7-8-21(22)17(16(13)20-15)10-1-4-12(19)5-2-10/h1-6,9,17,20,22H,7-8H2. The van der Waals surface area contributed by atoms with Gasteiger partial charge < -0.3 is 10.2 Å². The minimum Gasteiger partial charge on any atom is -0.356 e. The van der Waals surface area contributed by atoms with E-state index in [0.717, 1.165) is 27.7 Å². The number of aromatic nitrogens is 1. The maximum atomic E-state index is 10.4. The number of fused-ring (bicyclic) bond motifs is 3. The summed E-state index contributed by atoms with van der Waals surface area (Å²) < 4.78 is 1.07. The lowest BCUT2D eigenvalue weighted by atomic mass is 9.94. The van der Waals surface area contributed by atoms with Gasteiger partial charge in [-0.1, -0.05) is 39.7 Å². The van der Waals surface area contributed by atoms with Gasteiger partial charge in [-0.25, -0.2) is 0 Å². The second kappa shape index (κ2) is 5.39. The Balaban J connectivity index is 1.91. The third kappa shape index (κ3) is 2.27. The van der Waals surface area contributed by atoms with E-state index in [1.807, 2.05) is 30.3 Å². The van der Waals surface area contributed by atoms with Crippen molar-refractivity contribution in [2.75, 3.05) is 6.54 Å². The Morgan fingerprint density at radius 2 is 1.95 bits per heavy atom. The molecule has 1 aliphatic heterocycles. The van der Waals surface area contributed by atoms with E-state index in [4.69, 9.17) is 11.6 Å². The van der Waals surface area contributed by atoms with E-state index in [0.29, 0.717) is 11.6 Å². The minimum atomic E-state index is -0.188. The Labute approximate surface area is 141 Å². The normalized spacial score (nSPS) is 18.6. The van der Waals surface area contributed by atoms with Gasteiger partial charge in [-0.3, -0.25) is 0 Å². The number of aromatic amines is 1. The van der Waals surface area contributed by atoms with E-state index in [9.17, 15) is 5.21 Å². The molecular weight excluding hydrogens is 364 g/mol. The third-order valence-corrected chi connectivity index (χ3v) is 4.99. The zero-order chi connectivity index (χ0) is 15.3. The van der Waals surface area contributed by atoms with Crippen molar-refractivity contribution >= 4 is 38.4 Å². The van der Waals surface area contributed by atoms with Crippen LogP contribution >= 0.6 is 27.5 Å². The summed E-state index contributed by atoms with van der Waals surface area (Å²) in [5, 5.41) is 13.7. The fourth-order valence-electron chi connectivity index (χ4n) is 3.23. The molecule has 2 aromatic carbocycles. The van der Waals surface area contributed by atoms with Gasteiger partial charge in [0, 0.05) is 32.6 Å². The summed E-state index contributed by atoms with van der Waals surface area (Å²) >= 11 is 9.52. The summed E-state index contributed by atoms with van der Waals surface area (Å²) in [6.07, 6.45) is 0.826. The zero-order valence-corrected chi connectivity index (χ0v) is 14.0. The lowest BCUT2D eigenvalue weighted by molar-refractivity contribution is -0.122. The summed E-state index contributed by atoms with van der Waals surface area (Å²) in [6, 6.07) is 13.7. The number of benzene rings is 2. The van der Waals surface area contributed by atoms with Crippen LogP contribution in [0.25, 0.3) is 10.9 Å². The van der Waals surface area contributed by atoms with E-state index in [-0.39, 0.29) is 6.04 Å². The molecule has 22 heavy (non-hydrogen) atoms. The summed E-state index contributed by atoms with van der Waals surface area (Å²) in [7, 11) is 0. The Morgan fingerprint density at radius 3 is 2.73 bits per heavy atom. The van der Waals surface area contributed by atoms with Crippen molar-refractivity contribution < 1.29 is 5.21 Å². The number of nitrogens with zero attached hydrogens (tertiary/aromatic N) is 1. The van der Waals surface area contributed by atoms with Gasteiger partial charge >= 0.3 is 0 Å². The second-order valence-corrected chi connectivity index (χ2v) is 6.93. The molecule has 1 aliphatic rings. The lowest BCUT2D eigenvalue weighted by Gasteiger charge is -2.31. The topological polar surface area (TPSA) is 39.3 Å². The highest BCUT2D eigenvalue weighted by molar-refractivity contribution is 9.10. The predicted molar refractivity (Wildman–Crippen MR) is 91.5 cm³/mol. The van der Waals surface area contributed by atoms with Gasteiger partial charge in [0.15, 0.2) is 0 Å². The highest BCUT2D eigenvalue weighted by Gasteiger charge is 2.30. The van der Waals surface area contributed by atoms with Gasteiger partial charge in [0.2, 0.25) is 0 Å². The van der Waals surface area contributed by atoms with Crippen LogP contribution < -0.4 is 0 Å². The molecule has 0 amide bonds. The average molecular weight is 378 g/mol. The highest BCUT2D eigenvalue weighted by atomic mass is 79.9. The van der Waals surface area contributed by atoms with E-state index >= 15 is 0 Å². The molecule has 1 aromatic heterocycles. The number of H-pyrrole nitrogens is 1. The van der Waals surface area contributed by atoms with Crippen LogP contribution in [0.3, 0.4) is 0 Å². The van der Waals surface area contributed by atoms with E-state index in [1.165, 1.54) is 16.0 Å². The molecule has 4 rings (SSSR count). The Hall–Kier alpha value is -1.33. The zero-order valence-electron chi connectivity index (χ0n) is 11.7. The van der Waals surface area contributed by atoms with Gasteiger partial charge in [0.25, 0.3) is 0 Å². The van der Waals surface area contributed by atoms with Gasteiger partial charge in [0.05, 0.1) is 0 Å². The molecule has 2 heterocycles. The van der Waals surface area contributed by atoms with Crippen LogP contribution in [0.15, 0.2) is 46.9 Å². The molecule has 0 spiro atoms. The molecule has 2 N–H and O–H groups in total. The first-order valence-electron chi connectivity index (χ1n) is 7.14. The summed E-state index contributed by atoms with van der Waals surface area (Å²) in [5.74, 6) is 0. The molecular formula is C17H14BrClN2O. The average Bonchev–Trinajstić information content (AvgIpc) is 2.86. The van der Waals surface area contributed by atoms with Crippen LogP contribution in [0, 0.1) is 0 Å². The molecule has 0 radical (unpaired) electrons. The van der Waals surface area contributed by atoms with E-state index in [1.54, 1.807) is 0 Å². The summed E-state index contributed by atoms with van der Waals surface area (Å²) in [4.78, 5) is 3.48. The van der Waals surface area contributed by atoms with Gasteiger partial charge in [-0.15, -0.1) is 0 Å². The third-order valence-electron chi connectivity index (χ3n) is 4.25. The fourth-order valence-corrected chi connectivity index (χ4v) is 3.72. The Bertz CT molecular complexity index is 844. The number of halogens is 2. The molecule has 1 atom stereocenters. The molecule has 1 unspecified atom stereocenters. The largest absolute Gasteiger partial charge is 0.356 e. The first-order valence-corrected chi connectivity index (χ1v) is 8.31. The predicted octanol–water partition coefficient (Wildman–Crippen LogP) is 4.92. The molecule has 0 bridgehead atoms. The van der Waals surface area contributed by atoms with E-state index < -0.39 is 0 Å². The maximum absolute atomic E-state index is 10.4. The van der Waals surface area contributed by atoms with Crippen molar-refractivity contribution in [3.8, 4) is 0 Å². The van der Waals surface area contributed by atoms with Gasteiger partial charge in [-0.05, 0) is 47.9 Å². The number of hydroxylamine groups is 2. The molecule has 112 valence electrons. The van der Waals surface area contributed by atoms with Crippen molar-refractivity contribution in [1.82, 2.24) is 10.0 Å². The molecule has 3 nitrogen and oxygen atoms in total. The summed E-state index contributed by atoms with van der Waals surface area (Å²) in [5.41, 5.74) is 4.46. The minimum absolute atomic E-state index is 0.188. The lowest BCUT2D eigenvalue weighted by Crippen LogP contribution is -2.33. The number of hydrogen-bond donors (Lipinski definition) is 2. The molecule has 3 aromatic rings. The molecule has 0 fully saturated rings. The number of rotatable bonds is 1. The fraction of sp³-hybridized carbons (Fsp3) is 0.176. The first-order chi connectivity index (χ1) is 10.6. The number of nitrogens with one attached hydrogen (secondary N) is 1. The van der Waals surface area contributed by atoms with E-state index in [2.05, 4.69) is 33.0 Å². The molecule has 0 aliphatic carbocycles.